The number of aromatic nitrogens is 1. The smallest absolute Gasteiger partial charge is 0.340 e. The van der Waals surface area contributed by atoms with Gasteiger partial charge >= 0.3 is 5.97 Å². The summed E-state index contributed by atoms with van der Waals surface area (Å²) in [6.45, 7) is 4.47. The topological polar surface area (TPSA) is 39.2 Å². The Morgan fingerprint density at radius 1 is 1.12 bits per heavy atom. The fourth-order valence-corrected chi connectivity index (χ4v) is 3.21. The number of pyridine rings is 1. The van der Waals surface area contributed by atoms with E-state index in [-0.39, 0.29) is 5.97 Å². The molecule has 0 saturated heterocycles. The Hall–Kier alpha value is -2.68. The molecule has 120 valence electrons. The molecular weight excluding hydrogens is 298 g/mol. The highest BCUT2D eigenvalue weighted by Gasteiger charge is 2.22. The van der Waals surface area contributed by atoms with Crippen LogP contribution in [0.25, 0.3) is 22.2 Å². The highest BCUT2D eigenvalue weighted by atomic mass is 16.5. The van der Waals surface area contributed by atoms with Gasteiger partial charge in [0.2, 0.25) is 0 Å². The van der Waals surface area contributed by atoms with Crippen molar-refractivity contribution < 1.29 is 9.53 Å². The Balaban J connectivity index is 1.82. The highest BCUT2D eigenvalue weighted by Crippen LogP contribution is 2.37. The van der Waals surface area contributed by atoms with Crippen molar-refractivity contribution in [3.63, 3.8) is 0 Å². The summed E-state index contributed by atoms with van der Waals surface area (Å²) in [5, 5.41) is 0.987. The maximum atomic E-state index is 12.4. The number of rotatable bonds is 3. The minimum Gasteiger partial charge on any atom is -0.462 e. The molecule has 0 N–H and O–H groups in total. The number of hydrogen-bond donors (Lipinski definition) is 0. The summed E-state index contributed by atoms with van der Waals surface area (Å²) < 4.78 is 5.41. The summed E-state index contributed by atoms with van der Waals surface area (Å²) in [6.07, 6.45) is 0.899. The van der Waals surface area contributed by atoms with E-state index in [2.05, 4.69) is 24.3 Å². The zero-order chi connectivity index (χ0) is 16.7. The van der Waals surface area contributed by atoms with Crippen molar-refractivity contribution >= 4 is 16.9 Å². The van der Waals surface area contributed by atoms with E-state index in [1.807, 2.05) is 32.0 Å². The second-order valence-corrected chi connectivity index (χ2v) is 6.70. The molecule has 3 heteroatoms. The van der Waals surface area contributed by atoms with Crippen LogP contribution in [0.1, 0.15) is 35.3 Å². The molecule has 0 saturated carbocycles. The number of carbonyl (C=O) groups is 1. The van der Waals surface area contributed by atoms with Gasteiger partial charge in [-0.15, -0.1) is 0 Å². The number of para-hydroxylation sites is 1. The SMILES string of the molecule is CC(C)COC(=O)c1cccc2cc3c(nc12)-c1ccccc1C3. The fourth-order valence-electron chi connectivity index (χ4n) is 3.21. The van der Waals surface area contributed by atoms with Crippen LogP contribution < -0.4 is 0 Å². The van der Waals surface area contributed by atoms with Gasteiger partial charge in [-0.2, -0.15) is 0 Å². The van der Waals surface area contributed by atoms with E-state index in [4.69, 9.17) is 9.72 Å². The molecule has 0 fully saturated rings. The Morgan fingerprint density at radius 3 is 2.79 bits per heavy atom. The molecule has 2 aromatic carbocycles. The average Bonchev–Trinajstić information content (AvgIpc) is 2.94. The summed E-state index contributed by atoms with van der Waals surface area (Å²) in [4.78, 5) is 17.3. The van der Waals surface area contributed by atoms with Crippen LogP contribution in [0.5, 0.6) is 0 Å². The van der Waals surface area contributed by atoms with Crippen LogP contribution in [0, 0.1) is 5.92 Å². The van der Waals surface area contributed by atoms with Gasteiger partial charge in [-0.3, -0.25) is 0 Å². The first-order chi connectivity index (χ1) is 11.6. The largest absolute Gasteiger partial charge is 0.462 e. The lowest BCUT2D eigenvalue weighted by Crippen LogP contribution is -2.11. The lowest BCUT2D eigenvalue weighted by molar-refractivity contribution is 0.0461. The number of ether oxygens (including phenoxy) is 1. The molecule has 0 atom stereocenters. The molecule has 0 aliphatic heterocycles. The average molecular weight is 317 g/mol. The normalized spacial score (nSPS) is 12.3. The summed E-state index contributed by atoms with van der Waals surface area (Å²) >= 11 is 0. The molecule has 3 nitrogen and oxygen atoms in total. The third-order valence-corrected chi connectivity index (χ3v) is 4.35. The van der Waals surface area contributed by atoms with Gasteiger partial charge in [0.1, 0.15) is 0 Å². The summed E-state index contributed by atoms with van der Waals surface area (Å²) in [7, 11) is 0. The molecule has 4 rings (SSSR count). The summed E-state index contributed by atoms with van der Waals surface area (Å²) in [5.41, 5.74) is 5.93. The predicted molar refractivity (Wildman–Crippen MR) is 95.1 cm³/mol. The number of carbonyl (C=O) groups excluding carboxylic acids is 1. The Labute approximate surface area is 141 Å². The van der Waals surface area contributed by atoms with E-state index in [9.17, 15) is 4.79 Å². The van der Waals surface area contributed by atoms with Crippen LogP contribution >= 0.6 is 0 Å². The van der Waals surface area contributed by atoms with Crippen LogP contribution in [0.3, 0.4) is 0 Å². The van der Waals surface area contributed by atoms with Crippen LogP contribution in [0.4, 0.5) is 0 Å². The zero-order valence-electron chi connectivity index (χ0n) is 13.9. The zero-order valence-corrected chi connectivity index (χ0v) is 13.9. The maximum absolute atomic E-state index is 12.4. The van der Waals surface area contributed by atoms with E-state index in [0.29, 0.717) is 18.1 Å². The van der Waals surface area contributed by atoms with E-state index in [1.54, 1.807) is 6.07 Å². The van der Waals surface area contributed by atoms with Crippen molar-refractivity contribution in [2.75, 3.05) is 6.61 Å². The van der Waals surface area contributed by atoms with E-state index in [1.165, 1.54) is 16.7 Å². The van der Waals surface area contributed by atoms with E-state index in [0.717, 1.165) is 23.0 Å². The molecular formula is C21H19NO2. The highest BCUT2D eigenvalue weighted by molar-refractivity contribution is 6.03. The van der Waals surface area contributed by atoms with Gasteiger partial charge in [0, 0.05) is 17.4 Å². The van der Waals surface area contributed by atoms with Gasteiger partial charge in [-0.05, 0) is 29.2 Å². The quantitative estimate of drug-likeness (QED) is 0.518. The van der Waals surface area contributed by atoms with Crippen molar-refractivity contribution in [3.05, 3.63) is 65.2 Å². The van der Waals surface area contributed by atoms with Crippen molar-refractivity contribution in [1.29, 1.82) is 0 Å². The molecule has 0 radical (unpaired) electrons. The first kappa shape index (κ1) is 14.9. The summed E-state index contributed by atoms with van der Waals surface area (Å²) in [6, 6.07) is 16.2. The number of hydrogen-bond acceptors (Lipinski definition) is 3. The van der Waals surface area contributed by atoms with Crippen LogP contribution in [-0.2, 0) is 11.2 Å². The molecule has 0 unspecified atom stereocenters. The van der Waals surface area contributed by atoms with Crippen molar-refractivity contribution in [2.45, 2.75) is 20.3 Å². The second kappa shape index (κ2) is 5.75. The predicted octanol–water partition coefficient (Wildman–Crippen LogP) is 4.62. The number of benzene rings is 2. The van der Waals surface area contributed by atoms with Crippen molar-refractivity contribution in [1.82, 2.24) is 4.98 Å². The minimum atomic E-state index is -0.298. The van der Waals surface area contributed by atoms with Gasteiger partial charge in [0.15, 0.2) is 0 Å². The van der Waals surface area contributed by atoms with Crippen LogP contribution in [0.15, 0.2) is 48.5 Å². The lowest BCUT2D eigenvalue weighted by Gasteiger charge is -2.10. The fraction of sp³-hybridized carbons (Fsp3) is 0.238. The lowest BCUT2D eigenvalue weighted by atomic mass is 10.1. The Kier molecular flexibility index (Phi) is 3.57. The molecule has 1 aliphatic rings. The molecule has 0 spiro atoms. The van der Waals surface area contributed by atoms with E-state index >= 15 is 0 Å². The van der Waals surface area contributed by atoms with Crippen LogP contribution in [0.2, 0.25) is 0 Å². The minimum absolute atomic E-state index is 0.298. The van der Waals surface area contributed by atoms with Crippen LogP contribution in [-0.4, -0.2) is 17.6 Å². The Morgan fingerprint density at radius 2 is 1.96 bits per heavy atom. The molecule has 1 heterocycles. The van der Waals surface area contributed by atoms with Gasteiger partial charge in [-0.1, -0.05) is 50.2 Å². The maximum Gasteiger partial charge on any atom is 0.340 e. The van der Waals surface area contributed by atoms with Gasteiger partial charge in [0.05, 0.1) is 23.4 Å². The molecule has 3 aromatic rings. The van der Waals surface area contributed by atoms with Crippen molar-refractivity contribution in [3.8, 4) is 11.3 Å². The van der Waals surface area contributed by atoms with E-state index < -0.39 is 0 Å². The molecule has 1 aliphatic carbocycles. The van der Waals surface area contributed by atoms with Gasteiger partial charge in [-0.25, -0.2) is 9.78 Å². The molecule has 0 amide bonds. The monoisotopic (exact) mass is 317 g/mol. The molecule has 0 bridgehead atoms. The first-order valence-electron chi connectivity index (χ1n) is 8.31. The Bertz CT molecular complexity index is 944. The molecule has 1 aromatic heterocycles. The number of nitrogens with zero attached hydrogens (tertiary/aromatic N) is 1. The van der Waals surface area contributed by atoms with Crippen molar-refractivity contribution in [2.24, 2.45) is 5.92 Å². The van der Waals surface area contributed by atoms with Gasteiger partial charge in [0.25, 0.3) is 0 Å². The third-order valence-electron chi connectivity index (χ3n) is 4.35. The second-order valence-electron chi connectivity index (χ2n) is 6.70. The number of fused-ring (bicyclic) bond motifs is 4. The first-order valence-corrected chi connectivity index (χ1v) is 8.31. The summed E-state index contributed by atoms with van der Waals surface area (Å²) in [5.74, 6) is 0.0149. The standard InChI is InChI=1S/C21H19NO2/c1-13(2)12-24-21(23)18-9-5-7-15-11-16-10-14-6-3-4-8-17(14)20(16)22-19(15)18/h3-9,11,13H,10,12H2,1-2H3. The third kappa shape index (κ3) is 2.46. The number of esters is 1. The van der Waals surface area contributed by atoms with Gasteiger partial charge < -0.3 is 4.74 Å². The molecule has 24 heavy (non-hydrogen) atoms.